The van der Waals surface area contributed by atoms with Gasteiger partial charge in [-0.2, -0.15) is 0 Å². The Morgan fingerprint density at radius 1 is 1.12 bits per heavy atom. The van der Waals surface area contributed by atoms with Gasteiger partial charge < -0.3 is 10.1 Å². The molecule has 2 fully saturated rings. The summed E-state index contributed by atoms with van der Waals surface area (Å²) >= 11 is 0. The van der Waals surface area contributed by atoms with Crippen LogP contribution < -0.4 is 5.32 Å². The van der Waals surface area contributed by atoms with Crippen molar-refractivity contribution in [3.8, 4) is 0 Å². The van der Waals surface area contributed by atoms with Gasteiger partial charge in [-0.15, -0.1) is 0 Å². The molecule has 94 valence electrons. The van der Waals surface area contributed by atoms with E-state index in [-0.39, 0.29) is 0 Å². The zero-order chi connectivity index (χ0) is 11.4. The SMILES string of the molecule is CC1(C)CCC(OCC2CCCCN2)CC1. The molecule has 2 aliphatic rings. The van der Waals surface area contributed by atoms with Crippen LogP contribution in [0.3, 0.4) is 0 Å². The Hall–Kier alpha value is -0.0800. The first-order valence-electron chi connectivity index (χ1n) is 7.01. The number of hydrogen-bond acceptors (Lipinski definition) is 2. The van der Waals surface area contributed by atoms with Crippen LogP contribution in [0.2, 0.25) is 0 Å². The van der Waals surface area contributed by atoms with Crippen molar-refractivity contribution in [2.24, 2.45) is 5.41 Å². The Kier molecular flexibility index (Phi) is 4.26. The number of piperidine rings is 1. The fourth-order valence-electron chi connectivity index (χ4n) is 2.86. The molecule has 16 heavy (non-hydrogen) atoms. The molecule has 2 rings (SSSR count). The summed E-state index contributed by atoms with van der Waals surface area (Å²) in [6, 6.07) is 0.628. The Labute approximate surface area is 100 Å². The van der Waals surface area contributed by atoms with E-state index in [1.54, 1.807) is 0 Å². The van der Waals surface area contributed by atoms with E-state index in [0.29, 0.717) is 17.6 Å². The maximum atomic E-state index is 6.05. The number of nitrogens with one attached hydrogen (secondary N) is 1. The highest BCUT2D eigenvalue weighted by atomic mass is 16.5. The topological polar surface area (TPSA) is 21.3 Å². The fraction of sp³-hybridized carbons (Fsp3) is 1.00. The molecular formula is C14H27NO. The molecular weight excluding hydrogens is 198 g/mol. The van der Waals surface area contributed by atoms with E-state index in [0.717, 1.165) is 6.61 Å². The second-order valence-electron chi connectivity index (χ2n) is 6.34. The minimum absolute atomic E-state index is 0.539. The Morgan fingerprint density at radius 3 is 2.50 bits per heavy atom. The van der Waals surface area contributed by atoms with Gasteiger partial charge in [0.15, 0.2) is 0 Å². The van der Waals surface area contributed by atoms with Crippen molar-refractivity contribution in [2.45, 2.75) is 70.9 Å². The quantitative estimate of drug-likeness (QED) is 0.797. The first-order valence-corrected chi connectivity index (χ1v) is 7.01. The molecule has 1 atom stereocenters. The zero-order valence-corrected chi connectivity index (χ0v) is 10.9. The maximum absolute atomic E-state index is 6.05. The summed E-state index contributed by atoms with van der Waals surface area (Å²) < 4.78 is 6.05. The van der Waals surface area contributed by atoms with Gasteiger partial charge in [-0.25, -0.2) is 0 Å². The van der Waals surface area contributed by atoms with Crippen molar-refractivity contribution < 1.29 is 4.74 Å². The molecule has 0 aromatic heterocycles. The lowest BCUT2D eigenvalue weighted by Crippen LogP contribution is -2.39. The van der Waals surface area contributed by atoms with E-state index in [4.69, 9.17) is 4.74 Å². The van der Waals surface area contributed by atoms with Crippen molar-refractivity contribution in [3.05, 3.63) is 0 Å². The summed E-state index contributed by atoms with van der Waals surface area (Å²) in [4.78, 5) is 0. The molecule has 0 spiro atoms. The van der Waals surface area contributed by atoms with Crippen molar-refractivity contribution in [1.82, 2.24) is 5.32 Å². The van der Waals surface area contributed by atoms with E-state index in [9.17, 15) is 0 Å². The van der Waals surface area contributed by atoms with Crippen LogP contribution in [0.25, 0.3) is 0 Å². The van der Waals surface area contributed by atoms with Crippen LogP contribution in [0.4, 0.5) is 0 Å². The molecule has 1 saturated carbocycles. The van der Waals surface area contributed by atoms with Gasteiger partial charge in [0.25, 0.3) is 0 Å². The minimum atomic E-state index is 0.539. The predicted octanol–water partition coefficient (Wildman–Crippen LogP) is 3.11. The molecule has 1 aliphatic carbocycles. The summed E-state index contributed by atoms with van der Waals surface area (Å²) in [7, 11) is 0. The average Bonchev–Trinajstić information content (AvgIpc) is 2.29. The maximum Gasteiger partial charge on any atom is 0.0623 e. The van der Waals surface area contributed by atoms with E-state index < -0.39 is 0 Å². The lowest BCUT2D eigenvalue weighted by molar-refractivity contribution is -0.00819. The highest BCUT2D eigenvalue weighted by Gasteiger charge is 2.27. The number of rotatable bonds is 3. The van der Waals surface area contributed by atoms with Gasteiger partial charge in [-0.05, 0) is 50.5 Å². The Bertz CT molecular complexity index is 199. The van der Waals surface area contributed by atoms with Crippen molar-refractivity contribution in [2.75, 3.05) is 13.2 Å². The standard InChI is InChI=1S/C14H27NO/c1-14(2)8-6-13(7-9-14)16-11-12-5-3-4-10-15-12/h12-13,15H,3-11H2,1-2H3. The van der Waals surface area contributed by atoms with E-state index >= 15 is 0 Å². The molecule has 2 heteroatoms. The summed E-state index contributed by atoms with van der Waals surface area (Å²) in [6.45, 7) is 6.88. The largest absolute Gasteiger partial charge is 0.377 e. The van der Waals surface area contributed by atoms with Crippen LogP contribution in [-0.2, 0) is 4.74 Å². The Morgan fingerprint density at radius 2 is 1.88 bits per heavy atom. The molecule has 0 aromatic carbocycles. The fourth-order valence-corrected chi connectivity index (χ4v) is 2.86. The van der Waals surface area contributed by atoms with Gasteiger partial charge in [-0.3, -0.25) is 0 Å². The summed E-state index contributed by atoms with van der Waals surface area (Å²) in [6.07, 6.45) is 9.74. The average molecular weight is 225 g/mol. The number of ether oxygens (including phenoxy) is 1. The lowest BCUT2D eigenvalue weighted by Gasteiger charge is -2.35. The van der Waals surface area contributed by atoms with Crippen molar-refractivity contribution in [3.63, 3.8) is 0 Å². The van der Waals surface area contributed by atoms with Crippen LogP contribution in [0.5, 0.6) is 0 Å². The van der Waals surface area contributed by atoms with Gasteiger partial charge in [0.2, 0.25) is 0 Å². The van der Waals surface area contributed by atoms with Crippen LogP contribution in [0.1, 0.15) is 58.8 Å². The summed E-state index contributed by atoms with van der Waals surface area (Å²) in [5, 5.41) is 3.55. The molecule has 1 N–H and O–H groups in total. The zero-order valence-electron chi connectivity index (χ0n) is 10.9. The molecule has 1 aliphatic heterocycles. The van der Waals surface area contributed by atoms with Gasteiger partial charge in [0.05, 0.1) is 12.7 Å². The first kappa shape index (κ1) is 12.4. The molecule has 2 nitrogen and oxygen atoms in total. The molecule has 0 aromatic rings. The Balaban J connectivity index is 1.63. The lowest BCUT2D eigenvalue weighted by atomic mass is 9.76. The third-order valence-corrected chi connectivity index (χ3v) is 4.23. The molecule has 0 bridgehead atoms. The van der Waals surface area contributed by atoms with Crippen molar-refractivity contribution >= 4 is 0 Å². The van der Waals surface area contributed by atoms with E-state index in [2.05, 4.69) is 19.2 Å². The van der Waals surface area contributed by atoms with Gasteiger partial charge >= 0.3 is 0 Å². The minimum Gasteiger partial charge on any atom is -0.377 e. The van der Waals surface area contributed by atoms with Crippen molar-refractivity contribution in [1.29, 1.82) is 0 Å². The second-order valence-corrected chi connectivity index (χ2v) is 6.34. The van der Waals surface area contributed by atoms with E-state index in [1.807, 2.05) is 0 Å². The predicted molar refractivity (Wildman–Crippen MR) is 67.6 cm³/mol. The monoisotopic (exact) mass is 225 g/mol. The normalized spacial score (nSPS) is 31.5. The molecule has 1 saturated heterocycles. The van der Waals surface area contributed by atoms with Crippen LogP contribution >= 0.6 is 0 Å². The first-order chi connectivity index (χ1) is 7.66. The van der Waals surface area contributed by atoms with Gasteiger partial charge in [0, 0.05) is 6.04 Å². The van der Waals surface area contributed by atoms with Gasteiger partial charge in [-0.1, -0.05) is 20.3 Å². The van der Waals surface area contributed by atoms with Crippen LogP contribution in [0.15, 0.2) is 0 Å². The third kappa shape index (κ3) is 3.74. The second kappa shape index (κ2) is 5.50. The van der Waals surface area contributed by atoms with Gasteiger partial charge in [0.1, 0.15) is 0 Å². The summed E-state index contributed by atoms with van der Waals surface area (Å²) in [5.41, 5.74) is 0.558. The highest BCUT2D eigenvalue weighted by molar-refractivity contribution is 4.80. The smallest absolute Gasteiger partial charge is 0.0623 e. The molecule has 1 unspecified atom stereocenters. The molecule has 1 heterocycles. The van der Waals surface area contributed by atoms with Crippen LogP contribution in [0, 0.1) is 5.41 Å². The third-order valence-electron chi connectivity index (χ3n) is 4.23. The van der Waals surface area contributed by atoms with E-state index in [1.165, 1.54) is 51.5 Å². The van der Waals surface area contributed by atoms with Crippen LogP contribution in [-0.4, -0.2) is 25.3 Å². The molecule has 0 radical (unpaired) electrons. The molecule has 0 amide bonds. The summed E-state index contributed by atoms with van der Waals surface area (Å²) in [5.74, 6) is 0. The highest BCUT2D eigenvalue weighted by Crippen LogP contribution is 2.36. The number of hydrogen-bond donors (Lipinski definition) is 1.